The number of hydrogen-bond acceptors (Lipinski definition) is 3. The Bertz CT molecular complexity index is 1070. The molecule has 0 spiro atoms. The van der Waals surface area contributed by atoms with Gasteiger partial charge in [0.1, 0.15) is 6.04 Å². The first-order chi connectivity index (χ1) is 16.9. The van der Waals surface area contributed by atoms with Crippen LogP contribution in [0.1, 0.15) is 36.1 Å². The van der Waals surface area contributed by atoms with Crippen LogP contribution in [0.4, 0.5) is 0 Å². The van der Waals surface area contributed by atoms with Gasteiger partial charge < -0.3 is 10.2 Å². The summed E-state index contributed by atoms with van der Waals surface area (Å²) in [4.78, 5) is 28.8. The molecule has 35 heavy (non-hydrogen) atoms. The molecular formula is C30H36N2O2S. The molecule has 0 aliphatic rings. The fourth-order valence-corrected chi connectivity index (χ4v) is 4.85. The third-order valence-electron chi connectivity index (χ3n) is 5.90. The fraction of sp³-hybridized carbons (Fsp3) is 0.333. The molecule has 0 fully saturated rings. The lowest BCUT2D eigenvalue weighted by atomic mass is 10.0. The number of thioether (sulfide) groups is 1. The lowest BCUT2D eigenvalue weighted by Gasteiger charge is -2.32. The summed E-state index contributed by atoms with van der Waals surface area (Å²) in [5.74, 6) is 1.30. The van der Waals surface area contributed by atoms with E-state index in [0.29, 0.717) is 31.2 Å². The average molecular weight is 489 g/mol. The summed E-state index contributed by atoms with van der Waals surface area (Å²) < 4.78 is 0. The molecule has 0 heterocycles. The Kier molecular flexibility index (Phi) is 10.4. The number of amides is 2. The quantitative estimate of drug-likeness (QED) is 0.359. The molecule has 0 bridgehead atoms. The van der Waals surface area contributed by atoms with Crippen LogP contribution in [0.3, 0.4) is 0 Å². The molecule has 3 rings (SSSR count). The topological polar surface area (TPSA) is 49.4 Å². The number of nitrogens with zero attached hydrogens (tertiary/aromatic N) is 1. The molecule has 5 heteroatoms. The van der Waals surface area contributed by atoms with E-state index in [1.54, 1.807) is 16.7 Å². The van der Waals surface area contributed by atoms with Gasteiger partial charge in [-0.25, -0.2) is 0 Å². The SMILES string of the molecule is Cc1ccccc1CSCC(=O)N(Cc1ccccc1)C(Cc1ccccc1)C(=O)NCC(C)C. The minimum absolute atomic E-state index is 0.0203. The van der Waals surface area contributed by atoms with Crippen LogP contribution < -0.4 is 5.32 Å². The van der Waals surface area contributed by atoms with Crippen LogP contribution in [0, 0.1) is 12.8 Å². The van der Waals surface area contributed by atoms with Crippen molar-refractivity contribution in [2.24, 2.45) is 5.92 Å². The maximum absolute atomic E-state index is 13.6. The van der Waals surface area contributed by atoms with Crippen molar-refractivity contribution in [3.63, 3.8) is 0 Å². The van der Waals surface area contributed by atoms with Gasteiger partial charge in [0.15, 0.2) is 0 Å². The highest BCUT2D eigenvalue weighted by molar-refractivity contribution is 7.99. The summed E-state index contributed by atoms with van der Waals surface area (Å²) in [6.45, 7) is 7.22. The maximum atomic E-state index is 13.6. The summed E-state index contributed by atoms with van der Waals surface area (Å²) in [5.41, 5.74) is 4.51. The van der Waals surface area contributed by atoms with Crippen LogP contribution >= 0.6 is 11.8 Å². The van der Waals surface area contributed by atoms with Gasteiger partial charge in [0, 0.05) is 25.3 Å². The Hall–Kier alpha value is -3.05. The molecule has 1 N–H and O–H groups in total. The van der Waals surface area contributed by atoms with Crippen molar-refractivity contribution >= 4 is 23.6 Å². The van der Waals surface area contributed by atoms with Gasteiger partial charge in [-0.3, -0.25) is 9.59 Å². The predicted octanol–water partition coefficient (Wildman–Crippen LogP) is 5.64. The summed E-state index contributed by atoms with van der Waals surface area (Å²) >= 11 is 1.60. The molecule has 0 aliphatic carbocycles. The molecular weight excluding hydrogens is 452 g/mol. The standard InChI is InChI=1S/C30H36N2O2S/c1-23(2)19-31-30(34)28(18-25-13-6-4-7-14-25)32(20-26-15-8-5-9-16-26)29(33)22-35-21-27-17-11-10-12-24(27)3/h4-17,23,28H,18-22H2,1-3H3,(H,31,34). The molecule has 3 aromatic carbocycles. The van der Waals surface area contributed by atoms with Crippen molar-refractivity contribution < 1.29 is 9.59 Å². The Labute approximate surface area is 214 Å². The molecule has 0 aliphatic heterocycles. The van der Waals surface area contributed by atoms with Crippen LogP contribution in [0.25, 0.3) is 0 Å². The summed E-state index contributed by atoms with van der Waals surface area (Å²) in [6, 6.07) is 27.5. The average Bonchev–Trinajstić information content (AvgIpc) is 2.87. The number of carbonyl (C=O) groups excluding carboxylic acids is 2. The van der Waals surface area contributed by atoms with E-state index < -0.39 is 6.04 Å². The largest absolute Gasteiger partial charge is 0.354 e. The molecule has 184 valence electrons. The van der Waals surface area contributed by atoms with Crippen molar-refractivity contribution in [2.45, 2.75) is 45.5 Å². The molecule has 0 saturated heterocycles. The van der Waals surface area contributed by atoms with Crippen molar-refractivity contribution in [3.8, 4) is 0 Å². The van der Waals surface area contributed by atoms with E-state index in [1.165, 1.54) is 11.1 Å². The molecule has 3 aromatic rings. The van der Waals surface area contributed by atoms with E-state index in [0.717, 1.165) is 16.9 Å². The molecule has 0 radical (unpaired) electrons. The van der Waals surface area contributed by atoms with Gasteiger partial charge in [-0.05, 0) is 35.1 Å². The minimum atomic E-state index is -0.581. The first-order valence-electron chi connectivity index (χ1n) is 12.2. The van der Waals surface area contributed by atoms with Crippen molar-refractivity contribution in [3.05, 3.63) is 107 Å². The van der Waals surface area contributed by atoms with Crippen LogP contribution in [0.2, 0.25) is 0 Å². The molecule has 2 amide bonds. The Morgan fingerprint density at radius 1 is 0.857 bits per heavy atom. The van der Waals surface area contributed by atoms with Crippen molar-refractivity contribution in [1.29, 1.82) is 0 Å². The Morgan fingerprint density at radius 3 is 2.09 bits per heavy atom. The van der Waals surface area contributed by atoms with Crippen LogP contribution in [-0.2, 0) is 28.3 Å². The molecule has 1 atom stereocenters. The smallest absolute Gasteiger partial charge is 0.243 e. The van der Waals surface area contributed by atoms with Gasteiger partial charge in [-0.2, -0.15) is 0 Å². The number of carbonyl (C=O) groups is 2. The highest BCUT2D eigenvalue weighted by Crippen LogP contribution is 2.20. The highest BCUT2D eigenvalue weighted by Gasteiger charge is 2.30. The first kappa shape index (κ1) is 26.6. The Balaban J connectivity index is 1.82. The van der Waals surface area contributed by atoms with Gasteiger partial charge in [0.2, 0.25) is 11.8 Å². The van der Waals surface area contributed by atoms with Gasteiger partial charge >= 0.3 is 0 Å². The van der Waals surface area contributed by atoms with Crippen molar-refractivity contribution in [2.75, 3.05) is 12.3 Å². The zero-order valence-electron chi connectivity index (χ0n) is 20.9. The van der Waals surface area contributed by atoms with E-state index >= 15 is 0 Å². The second-order valence-electron chi connectivity index (χ2n) is 9.27. The number of hydrogen-bond donors (Lipinski definition) is 1. The van der Waals surface area contributed by atoms with Crippen LogP contribution in [0.5, 0.6) is 0 Å². The van der Waals surface area contributed by atoms with Crippen molar-refractivity contribution in [1.82, 2.24) is 10.2 Å². The normalized spacial score (nSPS) is 11.8. The zero-order valence-corrected chi connectivity index (χ0v) is 21.8. The molecule has 0 saturated carbocycles. The molecule has 1 unspecified atom stereocenters. The predicted molar refractivity (Wildman–Crippen MR) is 146 cm³/mol. The lowest BCUT2D eigenvalue weighted by molar-refractivity contribution is -0.139. The van der Waals surface area contributed by atoms with Gasteiger partial charge in [-0.15, -0.1) is 11.8 Å². The zero-order chi connectivity index (χ0) is 25.0. The van der Waals surface area contributed by atoms with E-state index in [4.69, 9.17) is 0 Å². The third kappa shape index (κ3) is 8.59. The van der Waals surface area contributed by atoms with Gasteiger partial charge in [0.25, 0.3) is 0 Å². The molecule has 4 nitrogen and oxygen atoms in total. The summed E-state index contributed by atoms with van der Waals surface area (Å²) in [6.07, 6.45) is 0.478. The van der Waals surface area contributed by atoms with E-state index in [9.17, 15) is 9.59 Å². The van der Waals surface area contributed by atoms with Crippen LogP contribution in [-0.4, -0.2) is 35.1 Å². The monoisotopic (exact) mass is 488 g/mol. The van der Waals surface area contributed by atoms with E-state index in [-0.39, 0.29) is 11.8 Å². The molecule has 0 aromatic heterocycles. The van der Waals surface area contributed by atoms with E-state index in [1.807, 2.05) is 72.8 Å². The Morgan fingerprint density at radius 2 is 1.46 bits per heavy atom. The minimum Gasteiger partial charge on any atom is -0.354 e. The van der Waals surface area contributed by atoms with Gasteiger partial charge in [-0.1, -0.05) is 98.8 Å². The lowest BCUT2D eigenvalue weighted by Crippen LogP contribution is -2.51. The van der Waals surface area contributed by atoms with E-state index in [2.05, 4.69) is 38.2 Å². The number of benzene rings is 3. The summed E-state index contributed by atoms with van der Waals surface area (Å²) in [5, 5.41) is 3.07. The maximum Gasteiger partial charge on any atom is 0.243 e. The number of rotatable bonds is 12. The van der Waals surface area contributed by atoms with Gasteiger partial charge in [0.05, 0.1) is 5.75 Å². The summed E-state index contributed by atoms with van der Waals surface area (Å²) in [7, 11) is 0. The number of aryl methyl sites for hydroxylation is 1. The second-order valence-corrected chi connectivity index (χ2v) is 10.3. The fourth-order valence-electron chi connectivity index (χ4n) is 3.86. The highest BCUT2D eigenvalue weighted by atomic mass is 32.2. The second kappa shape index (κ2) is 13.7. The third-order valence-corrected chi connectivity index (χ3v) is 6.86. The number of nitrogens with one attached hydrogen (secondary N) is 1. The van der Waals surface area contributed by atoms with Crippen LogP contribution in [0.15, 0.2) is 84.9 Å². The first-order valence-corrected chi connectivity index (χ1v) is 13.4.